The van der Waals surface area contributed by atoms with Gasteiger partial charge in [-0.3, -0.25) is 9.59 Å². The van der Waals surface area contributed by atoms with Crippen molar-refractivity contribution < 1.29 is 9.59 Å². The van der Waals surface area contributed by atoms with Gasteiger partial charge in [0.15, 0.2) is 0 Å². The van der Waals surface area contributed by atoms with Crippen LogP contribution < -0.4 is 10.6 Å². The smallest absolute Gasteiger partial charge is 0.274 e. The molecule has 0 radical (unpaired) electrons. The number of benzene rings is 2. The number of amides is 2. The molecule has 0 aliphatic heterocycles. The molecule has 2 N–H and O–H groups in total. The van der Waals surface area contributed by atoms with Crippen molar-refractivity contribution in [2.45, 2.75) is 13.8 Å². The van der Waals surface area contributed by atoms with Crippen LogP contribution in [0, 0.1) is 13.8 Å². The average molecular weight is 380 g/mol. The Morgan fingerprint density at radius 1 is 0.852 bits per heavy atom. The summed E-state index contributed by atoms with van der Waals surface area (Å²) in [5.74, 6) is -0.794. The van der Waals surface area contributed by atoms with Crippen molar-refractivity contribution in [3.63, 3.8) is 0 Å². The Morgan fingerprint density at radius 2 is 1.48 bits per heavy atom. The molecule has 2 amide bonds. The van der Waals surface area contributed by atoms with E-state index >= 15 is 0 Å². The van der Waals surface area contributed by atoms with Crippen molar-refractivity contribution in [2.24, 2.45) is 0 Å². The van der Waals surface area contributed by atoms with Crippen LogP contribution in [0.5, 0.6) is 0 Å². The molecule has 0 unspecified atom stereocenters. The third kappa shape index (κ3) is 4.71. The molecule has 0 saturated carbocycles. The van der Waals surface area contributed by atoms with Crippen LogP contribution in [0.1, 0.15) is 32.1 Å². The van der Waals surface area contributed by atoms with Crippen LogP contribution >= 0.6 is 11.6 Å². The van der Waals surface area contributed by atoms with E-state index in [4.69, 9.17) is 11.6 Å². The molecule has 0 aliphatic rings. The molecule has 27 heavy (non-hydrogen) atoms. The number of hydrogen-bond acceptors (Lipinski definition) is 3. The van der Waals surface area contributed by atoms with Gasteiger partial charge < -0.3 is 10.6 Å². The molecule has 136 valence electrons. The van der Waals surface area contributed by atoms with Crippen LogP contribution in [0.15, 0.2) is 60.7 Å². The molecule has 1 heterocycles. The quantitative estimate of drug-likeness (QED) is 0.680. The monoisotopic (exact) mass is 379 g/mol. The average Bonchev–Trinajstić information content (AvgIpc) is 2.66. The first-order valence-corrected chi connectivity index (χ1v) is 8.73. The van der Waals surface area contributed by atoms with Crippen molar-refractivity contribution in [1.29, 1.82) is 0 Å². The van der Waals surface area contributed by atoms with E-state index in [1.54, 1.807) is 30.3 Å². The van der Waals surface area contributed by atoms with E-state index < -0.39 is 5.91 Å². The number of aromatic nitrogens is 1. The Kier molecular flexibility index (Phi) is 5.52. The second-order valence-electron chi connectivity index (χ2n) is 6.14. The molecule has 3 aromatic rings. The summed E-state index contributed by atoms with van der Waals surface area (Å²) in [7, 11) is 0. The lowest BCUT2D eigenvalue weighted by atomic mass is 10.2. The first kappa shape index (κ1) is 18.6. The largest absolute Gasteiger partial charge is 0.321 e. The standard InChI is InChI=1S/C21H18ClN3O2/c1-13-6-10-16(11-7-13)23-20(26)17-4-3-5-18(24-17)21(27)25-19-12-15(22)9-8-14(19)2/h3-12H,1-2H3,(H,23,26)(H,25,27). The number of hydrogen-bond donors (Lipinski definition) is 2. The fraction of sp³-hybridized carbons (Fsp3) is 0.0952. The van der Waals surface area contributed by atoms with Gasteiger partial charge in [-0.1, -0.05) is 41.4 Å². The minimum absolute atomic E-state index is 0.144. The maximum atomic E-state index is 12.5. The number of pyridine rings is 1. The summed E-state index contributed by atoms with van der Waals surface area (Å²) in [5, 5.41) is 6.06. The third-order valence-corrected chi connectivity index (χ3v) is 4.21. The Hall–Kier alpha value is -3.18. The normalized spacial score (nSPS) is 10.3. The predicted octanol–water partition coefficient (Wildman–Crippen LogP) is 4.86. The van der Waals surface area contributed by atoms with Gasteiger partial charge >= 0.3 is 0 Å². The summed E-state index contributed by atoms with van der Waals surface area (Å²) in [6.45, 7) is 3.84. The highest BCUT2D eigenvalue weighted by atomic mass is 35.5. The van der Waals surface area contributed by atoms with Crippen LogP contribution in [0.2, 0.25) is 5.02 Å². The van der Waals surface area contributed by atoms with E-state index in [2.05, 4.69) is 15.6 Å². The van der Waals surface area contributed by atoms with Gasteiger partial charge in [-0.05, 0) is 55.8 Å². The molecular formula is C21H18ClN3O2. The van der Waals surface area contributed by atoms with E-state index in [-0.39, 0.29) is 17.3 Å². The van der Waals surface area contributed by atoms with Crippen LogP contribution in [0.4, 0.5) is 11.4 Å². The van der Waals surface area contributed by atoms with E-state index in [1.807, 2.05) is 44.2 Å². The topological polar surface area (TPSA) is 71.1 Å². The molecule has 0 spiro atoms. The molecule has 0 aliphatic carbocycles. The van der Waals surface area contributed by atoms with Crippen LogP contribution in [-0.2, 0) is 0 Å². The summed E-state index contributed by atoms with van der Waals surface area (Å²) in [6.07, 6.45) is 0. The second kappa shape index (κ2) is 8.01. The number of nitrogens with zero attached hydrogens (tertiary/aromatic N) is 1. The van der Waals surface area contributed by atoms with E-state index in [0.29, 0.717) is 16.4 Å². The van der Waals surface area contributed by atoms with Gasteiger partial charge in [0.05, 0.1) is 0 Å². The maximum absolute atomic E-state index is 12.5. The Bertz CT molecular complexity index is 1000. The SMILES string of the molecule is Cc1ccc(NC(=O)c2cccc(C(=O)Nc3cc(Cl)ccc3C)n2)cc1. The van der Waals surface area contributed by atoms with Crippen LogP contribution in [0.25, 0.3) is 0 Å². The maximum Gasteiger partial charge on any atom is 0.274 e. The summed E-state index contributed by atoms with van der Waals surface area (Å²) in [4.78, 5) is 29.1. The van der Waals surface area contributed by atoms with E-state index in [0.717, 1.165) is 11.1 Å². The third-order valence-electron chi connectivity index (χ3n) is 3.97. The number of rotatable bonds is 4. The molecule has 1 aromatic heterocycles. The highest BCUT2D eigenvalue weighted by Gasteiger charge is 2.14. The van der Waals surface area contributed by atoms with Crippen molar-refractivity contribution >= 4 is 34.8 Å². The zero-order valence-electron chi connectivity index (χ0n) is 14.9. The number of aryl methyl sites for hydroxylation is 2. The van der Waals surface area contributed by atoms with E-state index in [1.165, 1.54) is 0 Å². The van der Waals surface area contributed by atoms with Gasteiger partial charge in [-0.15, -0.1) is 0 Å². The summed E-state index contributed by atoms with van der Waals surface area (Å²) in [6, 6.07) is 17.4. The first-order valence-electron chi connectivity index (χ1n) is 8.35. The minimum atomic E-state index is -0.412. The Balaban J connectivity index is 1.76. The molecule has 0 bridgehead atoms. The highest BCUT2D eigenvalue weighted by Crippen LogP contribution is 2.20. The lowest BCUT2D eigenvalue weighted by Crippen LogP contribution is -2.18. The van der Waals surface area contributed by atoms with E-state index in [9.17, 15) is 9.59 Å². The molecular weight excluding hydrogens is 362 g/mol. The van der Waals surface area contributed by atoms with Gasteiger partial charge in [0.25, 0.3) is 11.8 Å². The number of anilines is 2. The van der Waals surface area contributed by atoms with Gasteiger partial charge in [-0.25, -0.2) is 4.98 Å². The zero-order valence-corrected chi connectivity index (χ0v) is 15.7. The van der Waals surface area contributed by atoms with Gasteiger partial charge in [-0.2, -0.15) is 0 Å². The van der Waals surface area contributed by atoms with Crippen LogP contribution in [-0.4, -0.2) is 16.8 Å². The van der Waals surface area contributed by atoms with Gasteiger partial charge in [0.1, 0.15) is 11.4 Å². The fourth-order valence-corrected chi connectivity index (χ4v) is 2.61. The Morgan fingerprint density at radius 3 is 2.15 bits per heavy atom. The van der Waals surface area contributed by atoms with Crippen molar-refractivity contribution in [3.05, 3.63) is 88.2 Å². The number of carbonyl (C=O) groups excluding carboxylic acids is 2. The molecule has 5 nitrogen and oxygen atoms in total. The van der Waals surface area contributed by atoms with Crippen molar-refractivity contribution in [3.8, 4) is 0 Å². The zero-order chi connectivity index (χ0) is 19.4. The molecule has 2 aromatic carbocycles. The molecule has 6 heteroatoms. The summed E-state index contributed by atoms with van der Waals surface area (Å²) >= 11 is 5.98. The number of nitrogens with one attached hydrogen (secondary N) is 2. The fourth-order valence-electron chi connectivity index (χ4n) is 2.43. The number of carbonyl (C=O) groups is 2. The lowest BCUT2D eigenvalue weighted by Gasteiger charge is -2.09. The molecule has 3 rings (SSSR count). The first-order chi connectivity index (χ1) is 12.9. The molecule has 0 fully saturated rings. The highest BCUT2D eigenvalue weighted by molar-refractivity contribution is 6.31. The second-order valence-corrected chi connectivity index (χ2v) is 6.58. The molecule has 0 saturated heterocycles. The lowest BCUT2D eigenvalue weighted by molar-refractivity contribution is 0.101. The Labute approximate surface area is 162 Å². The summed E-state index contributed by atoms with van der Waals surface area (Å²) < 4.78 is 0. The predicted molar refractivity (Wildman–Crippen MR) is 108 cm³/mol. The minimum Gasteiger partial charge on any atom is -0.321 e. The van der Waals surface area contributed by atoms with Gasteiger partial charge in [0.2, 0.25) is 0 Å². The summed E-state index contributed by atoms with van der Waals surface area (Å²) in [5.41, 5.74) is 3.54. The van der Waals surface area contributed by atoms with Crippen LogP contribution in [0.3, 0.4) is 0 Å². The van der Waals surface area contributed by atoms with Crippen molar-refractivity contribution in [2.75, 3.05) is 10.6 Å². The molecule has 0 atom stereocenters. The van der Waals surface area contributed by atoms with Gasteiger partial charge in [0, 0.05) is 16.4 Å². The van der Waals surface area contributed by atoms with Crippen molar-refractivity contribution in [1.82, 2.24) is 4.98 Å². The number of halogens is 1.